The summed E-state index contributed by atoms with van der Waals surface area (Å²) in [6, 6.07) is 7.71. The molecule has 6 heteroatoms. The first-order valence-electron chi connectivity index (χ1n) is 6.96. The predicted octanol–water partition coefficient (Wildman–Crippen LogP) is 2.24. The number of hydrogen-bond donors (Lipinski definition) is 0. The SMILES string of the molecule is Cc1cccc(CC(=O)N2CCN(CC(F)(F)F)CC2)c1. The van der Waals surface area contributed by atoms with Crippen LogP contribution in [0, 0.1) is 6.92 Å². The monoisotopic (exact) mass is 300 g/mol. The second-order valence-electron chi connectivity index (χ2n) is 5.44. The Labute approximate surface area is 122 Å². The number of amides is 1. The van der Waals surface area contributed by atoms with Gasteiger partial charge in [-0.15, -0.1) is 0 Å². The quantitative estimate of drug-likeness (QED) is 0.855. The third-order valence-electron chi connectivity index (χ3n) is 3.57. The maximum atomic E-state index is 12.3. The summed E-state index contributed by atoms with van der Waals surface area (Å²) in [5.74, 6) is -0.0211. The van der Waals surface area contributed by atoms with Crippen molar-refractivity contribution >= 4 is 5.91 Å². The largest absolute Gasteiger partial charge is 0.401 e. The number of carbonyl (C=O) groups is 1. The lowest BCUT2D eigenvalue weighted by Gasteiger charge is -2.35. The summed E-state index contributed by atoms with van der Waals surface area (Å²) in [5, 5.41) is 0. The highest BCUT2D eigenvalue weighted by Gasteiger charge is 2.32. The summed E-state index contributed by atoms with van der Waals surface area (Å²) < 4.78 is 36.9. The van der Waals surface area contributed by atoms with Crippen molar-refractivity contribution < 1.29 is 18.0 Å². The number of halogens is 3. The van der Waals surface area contributed by atoms with E-state index in [9.17, 15) is 18.0 Å². The topological polar surface area (TPSA) is 23.6 Å². The Hall–Kier alpha value is -1.56. The van der Waals surface area contributed by atoms with Gasteiger partial charge in [0.05, 0.1) is 13.0 Å². The average molecular weight is 300 g/mol. The van der Waals surface area contributed by atoms with Crippen molar-refractivity contribution in [2.75, 3.05) is 32.7 Å². The minimum absolute atomic E-state index is 0.0211. The van der Waals surface area contributed by atoms with Crippen molar-refractivity contribution in [3.63, 3.8) is 0 Å². The van der Waals surface area contributed by atoms with Gasteiger partial charge in [-0.2, -0.15) is 13.2 Å². The van der Waals surface area contributed by atoms with Crippen LogP contribution in [0.1, 0.15) is 11.1 Å². The van der Waals surface area contributed by atoms with Crippen LogP contribution in [0.5, 0.6) is 0 Å². The molecule has 1 fully saturated rings. The highest BCUT2D eigenvalue weighted by molar-refractivity contribution is 5.78. The maximum absolute atomic E-state index is 12.3. The normalized spacial score (nSPS) is 17.0. The first-order chi connectivity index (χ1) is 9.83. The predicted molar refractivity (Wildman–Crippen MR) is 74.0 cm³/mol. The summed E-state index contributed by atoms with van der Waals surface area (Å²) in [6.45, 7) is 2.34. The Morgan fingerprint density at radius 3 is 2.43 bits per heavy atom. The van der Waals surface area contributed by atoms with E-state index in [1.54, 1.807) is 4.90 Å². The molecule has 1 aliphatic heterocycles. The number of rotatable bonds is 3. The Bertz CT molecular complexity index is 494. The molecule has 1 aromatic rings. The molecule has 2 rings (SSSR count). The van der Waals surface area contributed by atoms with E-state index in [2.05, 4.69) is 0 Å². The lowest BCUT2D eigenvalue weighted by Crippen LogP contribution is -2.51. The first-order valence-corrected chi connectivity index (χ1v) is 6.96. The van der Waals surface area contributed by atoms with Crippen LogP contribution in [0.15, 0.2) is 24.3 Å². The van der Waals surface area contributed by atoms with Gasteiger partial charge >= 0.3 is 6.18 Å². The fourth-order valence-corrected chi connectivity index (χ4v) is 2.52. The second-order valence-corrected chi connectivity index (χ2v) is 5.44. The number of carbonyl (C=O) groups excluding carboxylic acids is 1. The van der Waals surface area contributed by atoms with E-state index < -0.39 is 12.7 Å². The smallest absolute Gasteiger partial charge is 0.340 e. The van der Waals surface area contributed by atoms with Crippen molar-refractivity contribution in [1.29, 1.82) is 0 Å². The minimum atomic E-state index is -4.17. The summed E-state index contributed by atoms with van der Waals surface area (Å²) in [4.78, 5) is 15.1. The summed E-state index contributed by atoms with van der Waals surface area (Å²) in [5.41, 5.74) is 2.04. The number of nitrogens with zero attached hydrogens (tertiary/aromatic N) is 2. The third-order valence-corrected chi connectivity index (χ3v) is 3.57. The molecule has 0 aliphatic carbocycles. The summed E-state index contributed by atoms with van der Waals surface area (Å²) >= 11 is 0. The molecule has 0 N–H and O–H groups in total. The molecule has 1 saturated heterocycles. The molecule has 0 spiro atoms. The van der Waals surface area contributed by atoms with Gasteiger partial charge in [0, 0.05) is 26.2 Å². The van der Waals surface area contributed by atoms with Gasteiger partial charge in [0.2, 0.25) is 5.91 Å². The zero-order valence-electron chi connectivity index (χ0n) is 12.0. The number of hydrogen-bond acceptors (Lipinski definition) is 2. The Kier molecular flexibility index (Phi) is 4.88. The van der Waals surface area contributed by atoms with Crippen LogP contribution in [0.4, 0.5) is 13.2 Å². The number of alkyl halides is 3. The van der Waals surface area contributed by atoms with Gasteiger partial charge in [-0.25, -0.2) is 0 Å². The van der Waals surface area contributed by atoms with Crippen molar-refractivity contribution in [2.24, 2.45) is 0 Å². The zero-order valence-corrected chi connectivity index (χ0v) is 12.0. The van der Waals surface area contributed by atoms with Crippen LogP contribution in [0.3, 0.4) is 0 Å². The van der Waals surface area contributed by atoms with E-state index in [4.69, 9.17) is 0 Å². The zero-order chi connectivity index (χ0) is 15.5. The maximum Gasteiger partial charge on any atom is 0.401 e. The van der Waals surface area contributed by atoms with Crippen LogP contribution in [0.25, 0.3) is 0 Å². The molecule has 0 bridgehead atoms. The molecule has 0 atom stereocenters. The summed E-state index contributed by atoms with van der Waals surface area (Å²) in [6.07, 6.45) is -3.87. The van der Waals surface area contributed by atoms with Crippen LogP contribution >= 0.6 is 0 Å². The highest BCUT2D eigenvalue weighted by atomic mass is 19.4. The second kappa shape index (κ2) is 6.47. The Morgan fingerprint density at radius 2 is 1.86 bits per heavy atom. The van der Waals surface area contributed by atoms with Crippen molar-refractivity contribution in [3.05, 3.63) is 35.4 Å². The fraction of sp³-hybridized carbons (Fsp3) is 0.533. The van der Waals surface area contributed by atoms with E-state index in [-0.39, 0.29) is 19.0 Å². The molecule has 1 aliphatic rings. The van der Waals surface area contributed by atoms with Crippen molar-refractivity contribution in [1.82, 2.24) is 9.80 Å². The minimum Gasteiger partial charge on any atom is -0.340 e. The molecule has 0 radical (unpaired) electrons. The van der Waals surface area contributed by atoms with Gasteiger partial charge in [0.25, 0.3) is 0 Å². The Balaban J connectivity index is 1.83. The van der Waals surface area contributed by atoms with Gasteiger partial charge < -0.3 is 4.90 Å². The number of piperazine rings is 1. The van der Waals surface area contributed by atoms with Gasteiger partial charge in [-0.05, 0) is 12.5 Å². The number of aryl methyl sites for hydroxylation is 1. The van der Waals surface area contributed by atoms with Crippen LogP contribution in [0.2, 0.25) is 0 Å². The molecule has 21 heavy (non-hydrogen) atoms. The molecule has 116 valence electrons. The van der Waals surface area contributed by atoms with Gasteiger partial charge in [0.15, 0.2) is 0 Å². The van der Waals surface area contributed by atoms with Crippen molar-refractivity contribution in [3.8, 4) is 0 Å². The van der Waals surface area contributed by atoms with Crippen LogP contribution in [-0.4, -0.2) is 54.6 Å². The van der Waals surface area contributed by atoms with E-state index in [0.29, 0.717) is 19.5 Å². The molecule has 1 amide bonds. The lowest BCUT2D eigenvalue weighted by atomic mass is 10.1. The molecule has 3 nitrogen and oxygen atoms in total. The molecule has 0 unspecified atom stereocenters. The fourth-order valence-electron chi connectivity index (χ4n) is 2.52. The van der Waals surface area contributed by atoms with E-state index in [1.807, 2.05) is 31.2 Å². The number of benzene rings is 1. The lowest BCUT2D eigenvalue weighted by molar-refractivity contribution is -0.151. The Morgan fingerprint density at radius 1 is 1.19 bits per heavy atom. The van der Waals surface area contributed by atoms with Crippen LogP contribution < -0.4 is 0 Å². The molecule has 1 heterocycles. The first kappa shape index (κ1) is 15.8. The highest BCUT2D eigenvalue weighted by Crippen LogP contribution is 2.17. The van der Waals surface area contributed by atoms with Gasteiger partial charge in [-0.3, -0.25) is 9.69 Å². The summed E-state index contributed by atoms with van der Waals surface area (Å²) in [7, 11) is 0. The van der Waals surface area contributed by atoms with E-state index in [1.165, 1.54) is 4.90 Å². The van der Waals surface area contributed by atoms with Gasteiger partial charge in [-0.1, -0.05) is 29.8 Å². The molecular formula is C15H19F3N2O. The van der Waals surface area contributed by atoms with E-state index >= 15 is 0 Å². The average Bonchev–Trinajstić information content (AvgIpc) is 2.37. The van der Waals surface area contributed by atoms with Crippen LogP contribution in [-0.2, 0) is 11.2 Å². The van der Waals surface area contributed by atoms with Gasteiger partial charge in [0.1, 0.15) is 0 Å². The molecule has 1 aromatic carbocycles. The molecule has 0 aromatic heterocycles. The molecular weight excluding hydrogens is 281 g/mol. The van der Waals surface area contributed by atoms with E-state index in [0.717, 1.165) is 11.1 Å². The third kappa shape index (κ3) is 5.04. The van der Waals surface area contributed by atoms with Crippen molar-refractivity contribution in [2.45, 2.75) is 19.5 Å². The molecule has 0 saturated carbocycles. The standard InChI is InChI=1S/C15H19F3N2O/c1-12-3-2-4-13(9-12)10-14(21)20-7-5-19(6-8-20)11-15(16,17)18/h2-4,9H,5-8,10-11H2,1H3.